The molecular formula is C17H11ClN4. The molecule has 0 atom stereocenters. The van der Waals surface area contributed by atoms with Gasteiger partial charge in [-0.1, -0.05) is 0 Å². The molecule has 0 saturated carbocycles. The smallest absolute Gasteiger partial charge is 0.254 e. The normalized spacial score (nSPS) is 9.36. The van der Waals surface area contributed by atoms with Crippen LogP contribution in [0.5, 0.6) is 0 Å². The lowest BCUT2D eigenvalue weighted by molar-refractivity contribution is -0.594. The van der Waals surface area contributed by atoms with E-state index in [-0.39, 0.29) is 12.4 Å². The molecule has 3 rings (SSSR count). The van der Waals surface area contributed by atoms with Gasteiger partial charge in [0.1, 0.15) is 23.8 Å². The van der Waals surface area contributed by atoms with Crippen LogP contribution in [0.15, 0.2) is 67.3 Å². The van der Waals surface area contributed by atoms with E-state index in [1.165, 1.54) is 0 Å². The molecule has 5 heteroatoms. The molecule has 0 amide bonds. The van der Waals surface area contributed by atoms with Crippen LogP contribution in [0.25, 0.3) is 11.4 Å². The van der Waals surface area contributed by atoms with Gasteiger partial charge in [-0.3, -0.25) is 0 Å². The van der Waals surface area contributed by atoms with Crippen LogP contribution in [0.2, 0.25) is 0 Å². The van der Waals surface area contributed by atoms with E-state index in [4.69, 9.17) is 10.5 Å². The number of aromatic nitrogens is 2. The van der Waals surface area contributed by atoms with Crippen LogP contribution in [-0.4, -0.2) is 4.57 Å². The lowest BCUT2D eigenvalue weighted by Crippen LogP contribution is -3.00. The van der Waals surface area contributed by atoms with E-state index in [9.17, 15) is 0 Å². The molecule has 0 saturated heterocycles. The fraction of sp³-hybridized carbons (Fsp3) is 0. The first kappa shape index (κ1) is 15.3. The first-order valence-electron chi connectivity index (χ1n) is 6.40. The minimum absolute atomic E-state index is 0. The molecule has 0 aliphatic carbocycles. The Hall–Kier alpha value is -3.08. The number of imidazole rings is 1. The first-order chi connectivity index (χ1) is 10.3. The van der Waals surface area contributed by atoms with Crippen LogP contribution >= 0.6 is 0 Å². The highest BCUT2D eigenvalue weighted by molar-refractivity contribution is 5.39. The summed E-state index contributed by atoms with van der Waals surface area (Å²) in [5.74, 6) is 0. The fourth-order valence-electron chi connectivity index (χ4n) is 2.08. The van der Waals surface area contributed by atoms with E-state index in [1.54, 1.807) is 24.3 Å². The molecule has 2 aromatic carbocycles. The van der Waals surface area contributed by atoms with Crippen molar-refractivity contribution in [2.45, 2.75) is 0 Å². The van der Waals surface area contributed by atoms with Gasteiger partial charge in [-0.25, -0.2) is 9.13 Å². The number of nitrogens with zero attached hydrogens (tertiary/aromatic N) is 4. The van der Waals surface area contributed by atoms with Crippen molar-refractivity contribution in [3.05, 3.63) is 78.4 Å². The summed E-state index contributed by atoms with van der Waals surface area (Å²) in [7, 11) is 0. The van der Waals surface area contributed by atoms with Crippen molar-refractivity contribution in [3.63, 3.8) is 0 Å². The molecule has 0 N–H and O–H groups in total. The molecule has 1 heterocycles. The third-order valence-corrected chi connectivity index (χ3v) is 3.23. The van der Waals surface area contributed by atoms with Crippen LogP contribution in [0.3, 0.4) is 0 Å². The summed E-state index contributed by atoms with van der Waals surface area (Å²) in [6.45, 7) is 0. The molecule has 0 aliphatic heterocycles. The molecule has 0 spiro atoms. The second-order valence-corrected chi connectivity index (χ2v) is 4.55. The number of halogens is 1. The van der Waals surface area contributed by atoms with Crippen molar-refractivity contribution in [2.75, 3.05) is 0 Å². The van der Waals surface area contributed by atoms with E-state index >= 15 is 0 Å². The highest BCUT2D eigenvalue weighted by atomic mass is 35.5. The maximum absolute atomic E-state index is 8.81. The predicted molar refractivity (Wildman–Crippen MR) is 76.7 cm³/mol. The number of nitriles is 2. The van der Waals surface area contributed by atoms with Gasteiger partial charge in [-0.05, 0) is 48.5 Å². The van der Waals surface area contributed by atoms with E-state index in [1.807, 2.05) is 52.1 Å². The maximum atomic E-state index is 8.81. The van der Waals surface area contributed by atoms with Gasteiger partial charge in [-0.2, -0.15) is 10.5 Å². The van der Waals surface area contributed by atoms with Crippen molar-refractivity contribution in [2.24, 2.45) is 0 Å². The Morgan fingerprint density at radius 1 is 0.818 bits per heavy atom. The summed E-state index contributed by atoms with van der Waals surface area (Å²) in [6.07, 6.45) is 5.84. The minimum atomic E-state index is 0. The zero-order chi connectivity index (χ0) is 14.7. The van der Waals surface area contributed by atoms with Crippen molar-refractivity contribution >= 4 is 0 Å². The Labute approximate surface area is 134 Å². The molecule has 106 valence electrons. The maximum Gasteiger partial charge on any atom is 0.254 e. The Bertz CT molecular complexity index is 777. The molecule has 4 nitrogen and oxygen atoms in total. The molecular weight excluding hydrogens is 296 g/mol. The number of rotatable bonds is 2. The summed E-state index contributed by atoms with van der Waals surface area (Å²) in [4.78, 5) is 0. The van der Waals surface area contributed by atoms with E-state index in [2.05, 4.69) is 12.1 Å². The van der Waals surface area contributed by atoms with Crippen LogP contribution < -0.4 is 17.0 Å². The summed E-state index contributed by atoms with van der Waals surface area (Å²) in [6, 6.07) is 19.0. The minimum Gasteiger partial charge on any atom is -1.00 e. The number of hydrogen-bond acceptors (Lipinski definition) is 2. The van der Waals surface area contributed by atoms with Gasteiger partial charge >= 0.3 is 0 Å². The average molecular weight is 307 g/mol. The molecule has 0 radical (unpaired) electrons. The monoisotopic (exact) mass is 306 g/mol. The van der Waals surface area contributed by atoms with Gasteiger partial charge in [0, 0.05) is 0 Å². The third kappa shape index (κ3) is 2.98. The molecule has 0 unspecified atom stereocenters. The summed E-state index contributed by atoms with van der Waals surface area (Å²) >= 11 is 0. The zero-order valence-electron chi connectivity index (χ0n) is 11.5. The van der Waals surface area contributed by atoms with Crippen molar-refractivity contribution < 1.29 is 17.0 Å². The second-order valence-electron chi connectivity index (χ2n) is 4.55. The van der Waals surface area contributed by atoms with Crippen molar-refractivity contribution in [1.82, 2.24) is 4.57 Å². The van der Waals surface area contributed by atoms with Crippen LogP contribution in [0.4, 0.5) is 0 Å². The van der Waals surface area contributed by atoms with Crippen LogP contribution in [-0.2, 0) is 0 Å². The van der Waals surface area contributed by atoms with E-state index < -0.39 is 0 Å². The largest absolute Gasteiger partial charge is 1.00 e. The van der Waals surface area contributed by atoms with Gasteiger partial charge in [-0.15, -0.1) is 0 Å². The summed E-state index contributed by atoms with van der Waals surface area (Å²) in [5.41, 5.74) is 3.26. The molecule has 22 heavy (non-hydrogen) atoms. The highest BCUT2D eigenvalue weighted by Crippen LogP contribution is 2.09. The molecule has 0 aliphatic rings. The molecule has 3 aromatic rings. The Balaban J connectivity index is 0.00000176. The van der Waals surface area contributed by atoms with Crippen LogP contribution in [0.1, 0.15) is 11.1 Å². The Morgan fingerprint density at radius 3 is 1.91 bits per heavy atom. The number of hydrogen-bond donors (Lipinski definition) is 0. The Kier molecular flexibility index (Phi) is 4.58. The average Bonchev–Trinajstić information content (AvgIpc) is 3.05. The second kappa shape index (κ2) is 6.58. The SMILES string of the molecule is N#Cc1ccc(-n2cc[n+](-c3ccc(C#N)cc3)c2)cc1.[Cl-]. The van der Waals surface area contributed by atoms with Gasteiger partial charge in [0.05, 0.1) is 23.3 Å². The summed E-state index contributed by atoms with van der Waals surface area (Å²) in [5, 5.41) is 17.6. The Morgan fingerprint density at radius 2 is 1.36 bits per heavy atom. The molecule has 0 bridgehead atoms. The lowest BCUT2D eigenvalue weighted by Gasteiger charge is -1.96. The third-order valence-electron chi connectivity index (χ3n) is 3.23. The molecule has 0 fully saturated rings. The summed E-state index contributed by atoms with van der Waals surface area (Å²) < 4.78 is 3.94. The van der Waals surface area contributed by atoms with Gasteiger partial charge < -0.3 is 12.4 Å². The van der Waals surface area contributed by atoms with Crippen LogP contribution in [0, 0.1) is 22.7 Å². The standard InChI is InChI=1S/C17H11N4.ClH/c18-11-14-1-5-16(6-2-14)20-9-10-21(13-20)17-7-3-15(12-19)4-8-17;/h1-10,13H;1H/q+1;/p-1. The topological polar surface area (TPSA) is 56.4 Å². The number of benzene rings is 2. The van der Waals surface area contributed by atoms with Gasteiger partial charge in [0.25, 0.3) is 6.33 Å². The molecule has 1 aromatic heterocycles. The van der Waals surface area contributed by atoms with Crippen molar-refractivity contribution in [1.29, 1.82) is 10.5 Å². The van der Waals surface area contributed by atoms with Crippen molar-refractivity contribution in [3.8, 4) is 23.5 Å². The van der Waals surface area contributed by atoms with E-state index in [0.29, 0.717) is 11.1 Å². The van der Waals surface area contributed by atoms with E-state index in [0.717, 1.165) is 11.4 Å². The highest BCUT2D eigenvalue weighted by Gasteiger charge is 2.08. The zero-order valence-corrected chi connectivity index (χ0v) is 12.3. The fourth-order valence-corrected chi connectivity index (χ4v) is 2.08. The lowest BCUT2D eigenvalue weighted by atomic mass is 10.2. The quantitative estimate of drug-likeness (QED) is 0.600. The van der Waals surface area contributed by atoms with Gasteiger partial charge in [0.2, 0.25) is 0 Å². The van der Waals surface area contributed by atoms with Gasteiger partial charge in [0.15, 0.2) is 0 Å². The first-order valence-corrected chi connectivity index (χ1v) is 6.40. The predicted octanol–water partition coefficient (Wildman–Crippen LogP) is -0.499.